The van der Waals surface area contributed by atoms with Crippen molar-refractivity contribution < 1.29 is 19.4 Å². The van der Waals surface area contributed by atoms with Gasteiger partial charge in [-0.25, -0.2) is 0 Å². The van der Waals surface area contributed by atoms with Crippen LogP contribution in [0.1, 0.15) is 64.3 Å². The molecule has 2 aromatic rings. The first-order valence-corrected chi connectivity index (χ1v) is 12.5. The van der Waals surface area contributed by atoms with E-state index in [1.54, 1.807) is 29.2 Å². The number of amides is 1. The Bertz CT molecular complexity index is 1080. The SMILES string of the molecule is CCOc1cccc(/C(O)=C2\C(=O)C(=O)N(CCN(CC)CC)C2c2ccc(C(C)(C)C)cc2)c1. The molecule has 2 aromatic carbocycles. The molecule has 35 heavy (non-hydrogen) atoms. The number of likely N-dealkylation sites (tertiary alicyclic amines) is 1. The zero-order valence-electron chi connectivity index (χ0n) is 21.8. The summed E-state index contributed by atoms with van der Waals surface area (Å²) in [5.74, 6) is -0.822. The molecule has 6 heteroatoms. The van der Waals surface area contributed by atoms with Gasteiger partial charge in [-0.3, -0.25) is 9.59 Å². The number of carbonyl (C=O) groups is 2. The van der Waals surface area contributed by atoms with E-state index in [-0.39, 0.29) is 16.7 Å². The fraction of sp³-hybridized carbons (Fsp3) is 0.448. The van der Waals surface area contributed by atoms with Crippen molar-refractivity contribution in [1.82, 2.24) is 9.80 Å². The molecule has 0 aliphatic carbocycles. The lowest BCUT2D eigenvalue weighted by molar-refractivity contribution is -0.140. The molecule has 1 saturated heterocycles. The highest BCUT2D eigenvalue weighted by atomic mass is 16.5. The first kappa shape index (κ1) is 26.5. The van der Waals surface area contributed by atoms with Crippen molar-refractivity contribution in [1.29, 1.82) is 0 Å². The van der Waals surface area contributed by atoms with Crippen molar-refractivity contribution in [2.24, 2.45) is 0 Å². The van der Waals surface area contributed by atoms with Gasteiger partial charge >= 0.3 is 0 Å². The maximum absolute atomic E-state index is 13.3. The summed E-state index contributed by atoms with van der Waals surface area (Å²) in [4.78, 5) is 30.3. The van der Waals surface area contributed by atoms with E-state index in [4.69, 9.17) is 4.74 Å². The van der Waals surface area contributed by atoms with Crippen molar-refractivity contribution >= 4 is 17.4 Å². The Morgan fingerprint density at radius 2 is 1.69 bits per heavy atom. The first-order chi connectivity index (χ1) is 16.6. The Labute approximate surface area is 209 Å². The molecule has 188 valence electrons. The van der Waals surface area contributed by atoms with Crippen molar-refractivity contribution in [3.8, 4) is 5.75 Å². The monoisotopic (exact) mass is 478 g/mol. The molecule has 1 aliphatic heterocycles. The average Bonchev–Trinajstić information content (AvgIpc) is 3.09. The summed E-state index contributed by atoms with van der Waals surface area (Å²) in [6, 6.07) is 14.3. The minimum atomic E-state index is -0.659. The summed E-state index contributed by atoms with van der Waals surface area (Å²) >= 11 is 0. The van der Waals surface area contributed by atoms with E-state index in [9.17, 15) is 14.7 Å². The summed E-state index contributed by atoms with van der Waals surface area (Å²) in [6.45, 7) is 15.7. The molecular formula is C29H38N2O4. The van der Waals surface area contributed by atoms with Crippen LogP contribution in [0.5, 0.6) is 5.75 Å². The third-order valence-electron chi connectivity index (χ3n) is 6.60. The summed E-state index contributed by atoms with van der Waals surface area (Å²) in [7, 11) is 0. The molecule has 1 unspecified atom stereocenters. The van der Waals surface area contributed by atoms with Gasteiger partial charge in [0, 0.05) is 18.7 Å². The summed E-state index contributed by atoms with van der Waals surface area (Å²) in [5, 5.41) is 11.3. The number of carbonyl (C=O) groups excluding carboxylic acids is 2. The number of nitrogens with zero attached hydrogens (tertiary/aromatic N) is 2. The van der Waals surface area contributed by atoms with Crippen LogP contribution in [0.2, 0.25) is 0 Å². The van der Waals surface area contributed by atoms with Gasteiger partial charge in [-0.1, -0.05) is 71.0 Å². The van der Waals surface area contributed by atoms with E-state index in [0.717, 1.165) is 24.2 Å². The predicted molar refractivity (Wildman–Crippen MR) is 140 cm³/mol. The fourth-order valence-corrected chi connectivity index (χ4v) is 4.47. The maximum Gasteiger partial charge on any atom is 0.295 e. The van der Waals surface area contributed by atoms with Crippen molar-refractivity contribution in [2.75, 3.05) is 32.8 Å². The number of rotatable bonds is 9. The average molecular weight is 479 g/mol. The van der Waals surface area contributed by atoms with Gasteiger partial charge in [-0.15, -0.1) is 0 Å². The minimum absolute atomic E-state index is 0.0250. The quantitative estimate of drug-likeness (QED) is 0.307. The Balaban J connectivity index is 2.11. The topological polar surface area (TPSA) is 70.1 Å². The lowest BCUT2D eigenvalue weighted by Crippen LogP contribution is -2.38. The number of hydrogen-bond acceptors (Lipinski definition) is 5. The molecule has 0 radical (unpaired) electrons. The van der Waals surface area contributed by atoms with Gasteiger partial charge < -0.3 is 19.6 Å². The van der Waals surface area contributed by atoms with Crippen LogP contribution in [0.3, 0.4) is 0 Å². The highest BCUT2D eigenvalue weighted by Gasteiger charge is 2.46. The van der Waals surface area contributed by atoms with Gasteiger partial charge in [0.05, 0.1) is 18.2 Å². The zero-order valence-corrected chi connectivity index (χ0v) is 21.8. The normalized spacial score (nSPS) is 17.9. The molecule has 0 saturated carbocycles. The van der Waals surface area contributed by atoms with Crippen LogP contribution in [0.15, 0.2) is 54.1 Å². The van der Waals surface area contributed by atoms with Crippen molar-refractivity contribution in [2.45, 2.75) is 53.0 Å². The smallest absolute Gasteiger partial charge is 0.295 e. The summed E-state index contributed by atoms with van der Waals surface area (Å²) in [6.07, 6.45) is 0. The van der Waals surface area contributed by atoms with E-state index in [1.807, 2.05) is 31.2 Å². The number of aliphatic hydroxyl groups excluding tert-OH is 1. The second kappa shape index (κ2) is 11.1. The third kappa shape index (κ3) is 5.76. The minimum Gasteiger partial charge on any atom is -0.507 e. The number of ether oxygens (including phenoxy) is 1. The molecule has 3 rings (SSSR count). The molecule has 1 fully saturated rings. The number of ketones is 1. The number of aliphatic hydroxyl groups is 1. The van der Waals surface area contributed by atoms with Crippen molar-refractivity contribution in [3.05, 3.63) is 70.8 Å². The van der Waals surface area contributed by atoms with Crippen LogP contribution < -0.4 is 4.74 Å². The Morgan fingerprint density at radius 3 is 2.26 bits per heavy atom. The van der Waals surface area contributed by atoms with Gasteiger partial charge in [0.15, 0.2) is 0 Å². The third-order valence-corrected chi connectivity index (χ3v) is 6.60. The van der Waals surface area contributed by atoms with E-state index in [2.05, 4.69) is 39.5 Å². The molecular weight excluding hydrogens is 440 g/mol. The number of Topliss-reactive ketones (excluding diaryl/α,β-unsaturated/α-hetero) is 1. The highest BCUT2D eigenvalue weighted by Crippen LogP contribution is 2.40. The molecule has 0 spiro atoms. The molecule has 1 heterocycles. The van der Waals surface area contributed by atoms with Gasteiger partial charge in [-0.2, -0.15) is 0 Å². The predicted octanol–water partition coefficient (Wildman–Crippen LogP) is 5.15. The number of hydrogen-bond donors (Lipinski definition) is 1. The molecule has 1 atom stereocenters. The van der Waals surface area contributed by atoms with Crippen LogP contribution in [0, 0.1) is 0 Å². The Hall–Kier alpha value is -3.12. The Kier molecular flexibility index (Phi) is 8.39. The molecule has 0 bridgehead atoms. The second-order valence-corrected chi connectivity index (χ2v) is 9.85. The summed E-state index contributed by atoms with van der Waals surface area (Å²) < 4.78 is 5.57. The van der Waals surface area contributed by atoms with Gasteiger partial charge in [0.2, 0.25) is 0 Å². The molecule has 1 N–H and O–H groups in total. The van der Waals surface area contributed by atoms with E-state index in [0.29, 0.717) is 31.0 Å². The van der Waals surface area contributed by atoms with Crippen LogP contribution >= 0.6 is 0 Å². The van der Waals surface area contributed by atoms with Crippen molar-refractivity contribution in [3.63, 3.8) is 0 Å². The number of benzene rings is 2. The van der Waals surface area contributed by atoms with E-state index in [1.165, 1.54) is 0 Å². The number of likely N-dealkylation sites (N-methyl/N-ethyl adjacent to an activating group) is 1. The van der Waals surface area contributed by atoms with Crippen LogP contribution in [-0.2, 0) is 15.0 Å². The molecule has 0 aromatic heterocycles. The highest BCUT2D eigenvalue weighted by molar-refractivity contribution is 6.46. The summed E-state index contributed by atoms with van der Waals surface area (Å²) in [5.41, 5.74) is 2.51. The van der Waals surface area contributed by atoms with Crippen LogP contribution in [-0.4, -0.2) is 59.4 Å². The largest absolute Gasteiger partial charge is 0.507 e. The van der Waals surface area contributed by atoms with Gasteiger partial charge in [0.1, 0.15) is 11.5 Å². The molecule has 1 aliphatic rings. The van der Waals surface area contributed by atoms with E-state index >= 15 is 0 Å². The van der Waals surface area contributed by atoms with Gasteiger partial charge in [-0.05, 0) is 48.7 Å². The van der Waals surface area contributed by atoms with Crippen LogP contribution in [0.25, 0.3) is 5.76 Å². The van der Waals surface area contributed by atoms with Crippen LogP contribution in [0.4, 0.5) is 0 Å². The Morgan fingerprint density at radius 1 is 1.03 bits per heavy atom. The lowest BCUT2D eigenvalue weighted by Gasteiger charge is -2.28. The van der Waals surface area contributed by atoms with E-state index < -0.39 is 17.7 Å². The van der Waals surface area contributed by atoms with Gasteiger partial charge in [0.25, 0.3) is 11.7 Å². The maximum atomic E-state index is 13.3. The molecule has 1 amide bonds. The molecule has 6 nitrogen and oxygen atoms in total. The fourth-order valence-electron chi connectivity index (χ4n) is 4.47. The zero-order chi connectivity index (χ0) is 25.8. The standard InChI is InChI=1S/C29H38N2O4/c1-7-30(8-2)17-18-31-25(20-13-15-22(16-14-20)29(4,5)6)24(27(33)28(31)34)26(32)21-11-10-12-23(19-21)35-9-3/h10-16,19,25,32H,7-9,17-18H2,1-6H3/b26-24+. The lowest BCUT2D eigenvalue weighted by atomic mass is 9.85. The second-order valence-electron chi connectivity index (χ2n) is 9.85. The first-order valence-electron chi connectivity index (χ1n) is 12.5.